The van der Waals surface area contributed by atoms with Gasteiger partial charge in [-0.05, 0) is 69.5 Å². The maximum atomic E-state index is 13.3. The van der Waals surface area contributed by atoms with Crippen molar-refractivity contribution in [2.24, 2.45) is 0 Å². The number of aromatic nitrogens is 5. The van der Waals surface area contributed by atoms with Gasteiger partial charge in [-0.1, -0.05) is 12.1 Å². The van der Waals surface area contributed by atoms with Gasteiger partial charge in [0.2, 0.25) is 5.95 Å². The average molecular weight is 645 g/mol. The van der Waals surface area contributed by atoms with E-state index in [2.05, 4.69) is 43.8 Å². The molecule has 5 rings (SSSR count). The first-order chi connectivity index (χ1) is 22.6. The average Bonchev–Trinajstić information content (AvgIpc) is 3.33. The zero-order valence-electron chi connectivity index (χ0n) is 27.1. The van der Waals surface area contributed by atoms with Crippen molar-refractivity contribution >= 4 is 34.3 Å². The van der Waals surface area contributed by atoms with Crippen LogP contribution in [0.2, 0.25) is 0 Å². The third kappa shape index (κ3) is 8.61. The predicted octanol–water partition coefficient (Wildman–Crippen LogP) is 3.92. The molecule has 0 atom stereocenters. The maximum Gasteiger partial charge on any atom is 0.303 e. The number of carboxylic acids is 1. The van der Waals surface area contributed by atoms with Gasteiger partial charge in [-0.2, -0.15) is 4.98 Å². The molecule has 3 aromatic heterocycles. The second kappa shape index (κ2) is 15.3. The first-order valence-electron chi connectivity index (χ1n) is 16.1. The molecule has 0 aliphatic carbocycles. The molecule has 0 bridgehead atoms. The number of carboxylic acid groups (broad SMARTS) is 1. The molecule has 0 saturated carbocycles. The van der Waals surface area contributed by atoms with Crippen molar-refractivity contribution in [1.82, 2.24) is 29.2 Å². The summed E-state index contributed by atoms with van der Waals surface area (Å²) in [6.45, 7) is 13.5. The van der Waals surface area contributed by atoms with Crippen LogP contribution < -0.4 is 15.8 Å². The van der Waals surface area contributed by atoms with Gasteiger partial charge in [-0.3, -0.25) is 14.5 Å². The van der Waals surface area contributed by atoms with Crippen molar-refractivity contribution in [2.75, 3.05) is 56.2 Å². The maximum absolute atomic E-state index is 13.3. The van der Waals surface area contributed by atoms with Crippen molar-refractivity contribution < 1.29 is 19.7 Å². The summed E-state index contributed by atoms with van der Waals surface area (Å²) in [5.41, 5.74) is 1.40. The third-order valence-corrected chi connectivity index (χ3v) is 8.11. The van der Waals surface area contributed by atoms with Crippen molar-refractivity contribution in [3.63, 3.8) is 0 Å². The highest BCUT2D eigenvalue weighted by atomic mass is 16.5. The van der Waals surface area contributed by atoms with Crippen LogP contribution in [0.25, 0.3) is 16.9 Å². The number of nitrogens with zero attached hydrogens (tertiary/aromatic N) is 7. The largest absolute Gasteiger partial charge is 0.481 e. The second-order valence-corrected chi connectivity index (χ2v) is 12.2. The van der Waals surface area contributed by atoms with Crippen LogP contribution in [-0.4, -0.2) is 91.3 Å². The van der Waals surface area contributed by atoms with Crippen LogP contribution in [0.15, 0.2) is 66.1 Å². The number of piperazine rings is 1. The molecule has 4 heterocycles. The van der Waals surface area contributed by atoms with Gasteiger partial charge < -0.3 is 25.2 Å². The number of rotatable bonds is 16. The van der Waals surface area contributed by atoms with E-state index < -0.39 is 11.6 Å². The Kier molecular flexibility index (Phi) is 11.0. The summed E-state index contributed by atoms with van der Waals surface area (Å²) in [7, 11) is 0. The van der Waals surface area contributed by atoms with E-state index in [0.717, 1.165) is 56.9 Å². The lowest BCUT2D eigenvalue weighted by atomic mass is 10.1. The number of hydrogen-bond acceptors (Lipinski definition) is 10. The molecule has 13 nitrogen and oxygen atoms in total. The molecule has 1 aliphatic heterocycles. The van der Waals surface area contributed by atoms with Gasteiger partial charge in [0.05, 0.1) is 12.2 Å². The number of fused-ring (bicyclic) bond motifs is 1. The predicted molar refractivity (Wildman–Crippen MR) is 182 cm³/mol. The highest BCUT2D eigenvalue weighted by Crippen LogP contribution is 2.24. The van der Waals surface area contributed by atoms with Crippen LogP contribution in [0.1, 0.15) is 45.2 Å². The lowest BCUT2D eigenvalue weighted by molar-refractivity contribution is -0.137. The van der Waals surface area contributed by atoms with Crippen LogP contribution in [0.3, 0.4) is 0 Å². The van der Waals surface area contributed by atoms with Crippen molar-refractivity contribution in [1.29, 1.82) is 0 Å². The van der Waals surface area contributed by atoms with E-state index >= 15 is 0 Å². The van der Waals surface area contributed by atoms with E-state index in [1.807, 2.05) is 12.1 Å². The number of carbonyl (C=O) groups is 1. The van der Waals surface area contributed by atoms with E-state index in [1.54, 1.807) is 42.8 Å². The normalized spacial score (nSPS) is 14.1. The zero-order valence-corrected chi connectivity index (χ0v) is 27.1. The minimum atomic E-state index is -1.16. The molecule has 47 heavy (non-hydrogen) atoms. The van der Waals surface area contributed by atoms with E-state index in [-0.39, 0.29) is 18.5 Å². The molecule has 0 radical (unpaired) electrons. The SMILES string of the molecule is C=CCn1c(=O)c2cnc(Nc3ccc(N4CCN(CCCOCCCCC(=O)O)CC4)cc3)nc2n1-c1cccc(C(C)(C)O)n1. The van der Waals surface area contributed by atoms with Gasteiger partial charge in [0.1, 0.15) is 11.0 Å². The van der Waals surface area contributed by atoms with Crippen LogP contribution in [-0.2, 0) is 21.7 Å². The highest BCUT2D eigenvalue weighted by Gasteiger charge is 2.22. The summed E-state index contributed by atoms with van der Waals surface area (Å²) >= 11 is 0. The third-order valence-electron chi connectivity index (χ3n) is 8.11. The van der Waals surface area contributed by atoms with Crippen molar-refractivity contribution in [2.45, 2.75) is 51.7 Å². The molecule has 0 unspecified atom stereocenters. The van der Waals surface area contributed by atoms with Crippen LogP contribution in [0, 0.1) is 0 Å². The fourth-order valence-electron chi connectivity index (χ4n) is 5.58. The number of pyridine rings is 1. The van der Waals surface area contributed by atoms with Gasteiger partial charge in [0.25, 0.3) is 5.56 Å². The van der Waals surface area contributed by atoms with Gasteiger partial charge in [-0.25, -0.2) is 19.3 Å². The Labute approximate surface area is 274 Å². The number of unbranched alkanes of at least 4 members (excludes halogenated alkanes) is 1. The number of aliphatic carboxylic acids is 1. The topological polar surface area (TPSA) is 151 Å². The van der Waals surface area contributed by atoms with Gasteiger partial charge in [0.15, 0.2) is 11.5 Å². The lowest BCUT2D eigenvalue weighted by Gasteiger charge is -2.36. The zero-order chi connectivity index (χ0) is 33.4. The Morgan fingerprint density at radius 2 is 1.79 bits per heavy atom. The molecule has 4 aromatic rings. The second-order valence-electron chi connectivity index (χ2n) is 12.2. The molecule has 1 aromatic carbocycles. The van der Waals surface area contributed by atoms with E-state index in [0.29, 0.717) is 48.1 Å². The van der Waals surface area contributed by atoms with E-state index in [9.17, 15) is 14.7 Å². The fraction of sp³-hybridized carbons (Fsp3) is 0.441. The fourth-order valence-corrected chi connectivity index (χ4v) is 5.58. The first-order valence-corrected chi connectivity index (χ1v) is 16.1. The molecule has 13 heteroatoms. The van der Waals surface area contributed by atoms with Crippen molar-refractivity contribution in [3.8, 4) is 5.82 Å². The quantitative estimate of drug-likeness (QED) is 0.120. The van der Waals surface area contributed by atoms with Crippen LogP contribution in [0.4, 0.5) is 17.3 Å². The minimum Gasteiger partial charge on any atom is -0.481 e. The van der Waals surface area contributed by atoms with E-state index in [4.69, 9.17) is 14.8 Å². The van der Waals surface area contributed by atoms with Crippen LogP contribution >= 0.6 is 0 Å². The molecule has 1 aliphatic rings. The highest BCUT2D eigenvalue weighted by molar-refractivity contribution is 5.77. The van der Waals surface area contributed by atoms with Crippen LogP contribution in [0.5, 0.6) is 0 Å². The number of nitrogens with one attached hydrogen (secondary N) is 1. The van der Waals surface area contributed by atoms with Crippen molar-refractivity contribution in [3.05, 3.63) is 77.4 Å². The molecule has 1 fully saturated rings. The molecule has 0 spiro atoms. The Morgan fingerprint density at radius 3 is 2.49 bits per heavy atom. The number of anilines is 3. The summed E-state index contributed by atoms with van der Waals surface area (Å²) < 4.78 is 8.80. The molecular weight excluding hydrogens is 600 g/mol. The monoisotopic (exact) mass is 644 g/mol. The summed E-state index contributed by atoms with van der Waals surface area (Å²) in [5, 5.41) is 22.8. The summed E-state index contributed by atoms with van der Waals surface area (Å²) in [4.78, 5) is 42.5. The Balaban J connectivity index is 1.20. The minimum absolute atomic E-state index is 0.202. The number of benzene rings is 1. The Hall–Kier alpha value is -4.59. The summed E-state index contributed by atoms with van der Waals surface area (Å²) in [6, 6.07) is 13.4. The first kappa shape index (κ1) is 33.8. The van der Waals surface area contributed by atoms with Gasteiger partial charge >= 0.3 is 5.97 Å². The molecule has 3 N–H and O–H groups in total. The molecule has 250 valence electrons. The number of ether oxygens (including phenoxy) is 1. The molecule has 1 saturated heterocycles. The standard InChI is InChI=1S/C34H44N8O5/c1-4-16-41-32(45)27-24-35-33(38-31(27)42(41)29-10-7-9-28(37-29)34(2,3)46)36-25-12-14-26(15-13-25)40-20-18-39(19-21-40)17-8-23-47-22-6-5-11-30(43)44/h4,7,9-10,12-15,24,46H,1,5-6,8,11,16-23H2,2-3H3,(H,43,44)(H,35,36,38). The molecular formula is C34H44N8O5. The summed E-state index contributed by atoms with van der Waals surface area (Å²) in [5.74, 6) is 0.0347. The lowest BCUT2D eigenvalue weighted by Crippen LogP contribution is -2.46. The number of hydrogen-bond donors (Lipinski definition) is 3. The van der Waals surface area contributed by atoms with Gasteiger partial charge in [0, 0.05) is 69.9 Å². The Bertz CT molecular complexity index is 1720. The number of aliphatic hydroxyl groups is 1. The van der Waals surface area contributed by atoms with E-state index in [1.165, 1.54) is 10.9 Å². The molecule has 0 amide bonds. The Morgan fingerprint density at radius 1 is 1.04 bits per heavy atom. The van der Waals surface area contributed by atoms with Gasteiger partial charge in [-0.15, -0.1) is 6.58 Å². The smallest absolute Gasteiger partial charge is 0.303 e. The summed E-state index contributed by atoms with van der Waals surface area (Å²) in [6.07, 6.45) is 5.76. The number of allylic oxidation sites excluding steroid dienone is 1.